The van der Waals surface area contributed by atoms with Crippen LogP contribution in [0.4, 0.5) is 0 Å². The van der Waals surface area contributed by atoms with Crippen LogP contribution in [-0.2, 0) is 0 Å². The summed E-state index contributed by atoms with van der Waals surface area (Å²) in [4.78, 5) is 15.8. The van der Waals surface area contributed by atoms with Crippen LogP contribution in [0.15, 0.2) is 48.8 Å². The van der Waals surface area contributed by atoms with Gasteiger partial charge in [0.15, 0.2) is 5.78 Å². The van der Waals surface area contributed by atoms with Gasteiger partial charge in [-0.15, -0.1) is 0 Å². The van der Waals surface area contributed by atoms with Crippen LogP contribution < -0.4 is 9.47 Å². The van der Waals surface area contributed by atoms with Gasteiger partial charge in [0.2, 0.25) is 0 Å². The van der Waals surface area contributed by atoms with Crippen LogP contribution in [0.1, 0.15) is 15.9 Å². The zero-order valence-corrected chi connectivity index (χ0v) is 11.4. The van der Waals surface area contributed by atoms with Crippen LogP contribution >= 0.6 is 0 Å². The molecule has 0 aliphatic carbocycles. The second-order valence-corrected chi connectivity index (χ2v) is 4.08. The summed E-state index contributed by atoms with van der Waals surface area (Å²) in [5.41, 5.74) is 1.44. The standard InChI is InChI=1S/C16H15NO3/c1-19-14-9-12(10-15(11-14)20-2)3-4-16(18)13-5-7-17-8-6-13/h3-11H,1-2H3. The minimum absolute atomic E-state index is 0.0748. The van der Waals surface area contributed by atoms with E-state index in [0.717, 1.165) is 5.56 Å². The molecular formula is C16H15NO3. The fourth-order valence-electron chi connectivity index (χ4n) is 1.71. The Bertz CT molecular complexity index is 599. The van der Waals surface area contributed by atoms with E-state index in [2.05, 4.69) is 4.98 Å². The molecule has 1 aromatic heterocycles. The van der Waals surface area contributed by atoms with Gasteiger partial charge in [0.05, 0.1) is 14.2 Å². The monoisotopic (exact) mass is 269 g/mol. The van der Waals surface area contributed by atoms with Crippen molar-refractivity contribution in [2.75, 3.05) is 14.2 Å². The fraction of sp³-hybridized carbons (Fsp3) is 0.125. The Kier molecular flexibility index (Phi) is 4.50. The highest BCUT2D eigenvalue weighted by Crippen LogP contribution is 2.23. The van der Waals surface area contributed by atoms with Gasteiger partial charge in [-0.25, -0.2) is 0 Å². The third-order valence-electron chi connectivity index (χ3n) is 2.77. The molecule has 0 saturated heterocycles. The smallest absolute Gasteiger partial charge is 0.185 e. The summed E-state index contributed by atoms with van der Waals surface area (Å²) >= 11 is 0. The molecule has 0 atom stereocenters. The lowest BCUT2D eigenvalue weighted by molar-refractivity contribution is 0.104. The van der Waals surface area contributed by atoms with E-state index in [-0.39, 0.29) is 5.78 Å². The SMILES string of the molecule is COc1cc(C=CC(=O)c2ccncc2)cc(OC)c1. The van der Waals surface area contributed by atoms with Crippen LogP contribution in [0.3, 0.4) is 0 Å². The molecule has 1 heterocycles. The van der Waals surface area contributed by atoms with Crippen molar-refractivity contribution >= 4 is 11.9 Å². The van der Waals surface area contributed by atoms with Crippen molar-refractivity contribution < 1.29 is 14.3 Å². The summed E-state index contributed by atoms with van der Waals surface area (Å²) in [6.45, 7) is 0. The van der Waals surface area contributed by atoms with E-state index in [1.54, 1.807) is 50.9 Å². The normalized spacial score (nSPS) is 10.5. The highest BCUT2D eigenvalue weighted by Gasteiger charge is 2.02. The molecule has 0 amide bonds. The first-order valence-corrected chi connectivity index (χ1v) is 6.08. The number of hydrogen-bond donors (Lipinski definition) is 0. The number of allylic oxidation sites excluding steroid dienone is 1. The number of pyridine rings is 1. The van der Waals surface area contributed by atoms with Crippen molar-refractivity contribution in [1.82, 2.24) is 4.98 Å². The average Bonchev–Trinajstić information content (AvgIpc) is 2.53. The van der Waals surface area contributed by atoms with E-state index in [9.17, 15) is 4.79 Å². The predicted octanol–water partition coefficient (Wildman–Crippen LogP) is 2.99. The number of ether oxygens (including phenoxy) is 2. The fourth-order valence-corrected chi connectivity index (χ4v) is 1.71. The molecule has 2 rings (SSSR count). The van der Waals surface area contributed by atoms with Crippen LogP contribution in [-0.4, -0.2) is 25.0 Å². The van der Waals surface area contributed by atoms with E-state index in [1.165, 1.54) is 6.08 Å². The molecule has 20 heavy (non-hydrogen) atoms. The molecule has 0 aliphatic rings. The molecule has 2 aromatic rings. The Balaban J connectivity index is 2.21. The summed E-state index contributed by atoms with van der Waals surface area (Å²) in [5, 5.41) is 0. The number of aromatic nitrogens is 1. The Labute approximate surface area is 117 Å². The van der Waals surface area contributed by atoms with Gasteiger partial charge < -0.3 is 9.47 Å². The van der Waals surface area contributed by atoms with E-state index >= 15 is 0 Å². The molecular weight excluding hydrogens is 254 g/mol. The summed E-state index contributed by atoms with van der Waals surface area (Å²) < 4.78 is 10.4. The molecule has 0 N–H and O–H groups in total. The number of benzene rings is 1. The first-order chi connectivity index (χ1) is 9.72. The van der Waals surface area contributed by atoms with Gasteiger partial charge in [-0.3, -0.25) is 9.78 Å². The molecule has 0 fully saturated rings. The number of carbonyl (C=O) groups is 1. The Morgan fingerprint density at radius 1 is 1.05 bits per heavy atom. The summed E-state index contributed by atoms with van der Waals surface area (Å²) in [5.74, 6) is 1.29. The Morgan fingerprint density at radius 2 is 1.65 bits per heavy atom. The summed E-state index contributed by atoms with van der Waals surface area (Å²) in [6, 6.07) is 8.80. The second kappa shape index (κ2) is 6.52. The Hall–Kier alpha value is -2.62. The van der Waals surface area contributed by atoms with Crippen molar-refractivity contribution in [3.8, 4) is 11.5 Å². The number of methoxy groups -OCH3 is 2. The van der Waals surface area contributed by atoms with Crippen LogP contribution in [0.5, 0.6) is 11.5 Å². The largest absolute Gasteiger partial charge is 0.497 e. The number of ketones is 1. The molecule has 0 spiro atoms. The van der Waals surface area contributed by atoms with Gasteiger partial charge >= 0.3 is 0 Å². The molecule has 0 unspecified atom stereocenters. The number of nitrogens with zero attached hydrogens (tertiary/aromatic N) is 1. The van der Waals surface area contributed by atoms with Gasteiger partial charge in [-0.2, -0.15) is 0 Å². The number of hydrogen-bond acceptors (Lipinski definition) is 4. The van der Waals surface area contributed by atoms with Gasteiger partial charge in [0, 0.05) is 24.0 Å². The molecule has 0 bridgehead atoms. The van der Waals surface area contributed by atoms with Gasteiger partial charge in [-0.1, -0.05) is 6.08 Å². The third-order valence-corrected chi connectivity index (χ3v) is 2.77. The van der Waals surface area contributed by atoms with Crippen molar-refractivity contribution in [3.63, 3.8) is 0 Å². The van der Waals surface area contributed by atoms with Gasteiger partial charge in [0.25, 0.3) is 0 Å². The van der Waals surface area contributed by atoms with Crippen LogP contribution in [0, 0.1) is 0 Å². The lowest BCUT2D eigenvalue weighted by Gasteiger charge is -2.05. The van der Waals surface area contributed by atoms with Crippen molar-refractivity contribution in [2.24, 2.45) is 0 Å². The highest BCUT2D eigenvalue weighted by atomic mass is 16.5. The second-order valence-electron chi connectivity index (χ2n) is 4.08. The molecule has 4 nitrogen and oxygen atoms in total. The highest BCUT2D eigenvalue weighted by molar-refractivity contribution is 6.06. The van der Waals surface area contributed by atoms with Crippen molar-refractivity contribution in [1.29, 1.82) is 0 Å². The van der Waals surface area contributed by atoms with E-state index in [4.69, 9.17) is 9.47 Å². The Morgan fingerprint density at radius 3 is 2.20 bits per heavy atom. The molecule has 4 heteroatoms. The zero-order chi connectivity index (χ0) is 14.4. The van der Waals surface area contributed by atoms with E-state index in [1.807, 2.05) is 12.1 Å². The molecule has 102 valence electrons. The predicted molar refractivity (Wildman–Crippen MR) is 77.1 cm³/mol. The average molecular weight is 269 g/mol. The molecule has 1 aromatic carbocycles. The summed E-state index contributed by atoms with van der Waals surface area (Å²) in [7, 11) is 3.18. The van der Waals surface area contributed by atoms with Gasteiger partial charge in [-0.05, 0) is 35.9 Å². The van der Waals surface area contributed by atoms with Crippen LogP contribution in [0.25, 0.3) is 6.08 Å². The maximum Gasteiger partial charge on any atom is 0.185 e. The summed E-state index contributed by atoms with van der Waals surface area (Å²) in [6.07, 6.45) is 6.43. The maximum atomic E-state index is 11.9. The lowest BCUT2D eigenvalue weighted by atomic mass is 10.1. The molecule has 0 saturated carbocycles. The topological polar surface area (TPSA) is 48.4 Å². The third kappa shape index (κ3) is 3.45. The number of rotatable bonds is 5. The molecule has 0 aliphatic heterocycles. The van der Waals surface area contributed by atoms with Crippen molar-refractivity contribution in [3.05, 3.63) is 59.9 Å². The van der Waals surface area contributed by atoms with E-state index < -0.39 is 0 Å². The quantitative estimate of drug-likeness (QED) is 0.618. The van der Waals surface area contributed by atoms with Crippen molar-refractivity contribution in [2.45, 2.75) is 0 Å². The van der Waals surface area contributed by atoms with E-state index in [0.29, 0.717) is 17.1 Å². The molecule has 0 radical (unpaired) electrons. The first kappa shape index (κ1) is 13.8. The minimum Gasteiger partial charge on any atom is -0.497 e. The lowest BCUT2D eigenvalue weighted by Crippen LogP contribution is -1.94. The zero-order valence-electron chi connectivity index (χ0n) is 11.4. The van der Waals surface area contributed by atoms with Crippen LogP contribution in [0.2, 0.25) is 0 Å². The minimum atomic E-state index is -0.0748. The first-order valence-electron chi connectivity index (χ1n) is 6.08. The van der Waals surface area contributed by atoms with Gasteiger partial charge in [0.1, 0.15) is 11.5 Å². The maximum absolute atomic E-state index is 11.9. The number of carbonyl (C=O) groups excluding carboxylic acids is 1.